The van der Waals surface area contributed by atoms with Crippen LogP contribution in [0.25, 0.3) is 0 Å². The van der Waals surface area contributed by atoms with Gasteiger partial charge in [-0.05, 0) is 116 Å². The van der Waals surface area contributed by atoms with E-state index in [-0.39, 0.29) is 44.0 Å². The van der Waals surface area contributed by atoms with E-state index in [9.17, 15) is 14.4 Å². The number of hydrogen-bond acceptors (Lipinski definition) is 6. The Labute approximate surface area is 400 Å². The van der Waals surface area contributed by atoms with Crippen LogP contribution in [0.15, 0.2) is 97.2 Å². The Hall–Kier alpha value is -3.67. The lowest BCUT2D eigenvalue weighted by Crippen LogP contribution is -2.30. The van der Waals surface area contributed by atoms with E-state index in [4.69, 9.17) is 14.2 Å². The van der Waals surface area contributed by atoms with Crippen molar-refractivity contribution in [3.63, 3.8) is 0 Å². The molecule has 6 heteroatoms. The van der Waals surface area contributed by atoms with Gasteiger partial charge in [0.15, 0.2) is 6.10 Å². The largest absolute Gasteiger partial charge is 0.462 e. The van der Waals surface area contributed by atoms with E-state index in [1.54, 1.807) is 0 Å². The number of allylic oxidation sites excluding steroid dienone is 16. The van der Waals surface area contributed by atoms with Crippen LogP contribution in [0.3, 0.4) is 0 Å². The van der Waals surface area contributed by atoms with Crippen molar-refractivity contribution >= 4 is 17.9 Å². The number of esters is 3. The van der Waals surface area contributed by atoms with Crippen LogP contribution in [0.4, 0.5) is 0 Å². The van der Waals surface area contributed by atoms with Gasteiger partial charge in [-0.25, -0.2) is 0 Å². The molecule has 65 heavy (non-hydrogen) atoms. The van der Waals surface area contributed by atoms with Gasteiger partial charge in [-0.2, -0.15) is 0 Å². The quantitative estimate of drug-likeness (QED) is 0.0262. The molecule has 1 unspecified atom stereocenters. The third kappa shape index (κ3) is 51.2. The topological polar surface area (TPSA) is 78.9 Å². The van der Waals surface area contributed by atoms with Crippen LogP contribution in [0, 0.1) is 0 Å². The van der Waals surface area contributed by atoms with E-state index in [2.05, 4.69) is 118 Å². The fraction of sp³-hybridized carbons (Fsp3) is 0.678. The summed E-state index contributed by atoms with van der Waals surface area (Å²) in [5, 5.41) is 0. The third-order valence-corrected chi connectivity index (χ3v) is 11.0. The van der Waals surface area contributed by atoms with Gasteiger partial charge in [-0.15, -0.1) is 0 Å². The van der Waals surface area contributed by atoms with E-state index in [1.165, 1.54) is 89.9 Å². The highest BCUT2D eigenvalue weighted by atomic mass is 16.6. The summed E-state index contributed by atoms with van der Waals surface area (Å²) in [5.74, 6) is -1.02. The van der Waals surface area contributed by atoms with Crippen molar-refractivity contribution in [1.29, 1.82) is 0 Å². The summed E-state index contributed by atoms with van der Waals surface area (Å²) in [7, 11) is 0. The average molecular weight is 903 g/mol. The maximum absolute atomic E-state index is 12.8. The summed E-state index contributed by atoms with van der Waals surface area (Å²) in [4.78, 5) is 38.0. The molecule has 0 amide bonds. The molecule has 0 fully saturated rings. The molecule has 6 nitrogen and oxygen atoms in total. The summed E-state index contributed by atoms with van der Waals surface area (Å²) < 4.78 is 16.7. The summed E-state index contributed by atoms with van der Waals surface area (Å²) in [6.07, 6.45) is 69.7. The average Bonchev–Trinajstić information content (AvgIpc) is 3.30. The molecular weight excluding hydrogens is 805 g/mol. The number of rotatable bonds is 47. The van der Waals surface area contributed by atoms with Gasteiger partial charge in [-0.3, -0.25) is 14.4 Å². The fourth-order valence-electron chi connectivity index (χ4n) is 7.03. The summed E-state index contributed by atoms with van der Waals surface area (Å²) in [6, 6.07) is 0. The van der Waals surface area contributed by atoms with Crippen LogP contribution in [0.2, 0.25) is 0 Å². The van der Waals surface area contributed by atoms with Crippen molar-refractivity contribution in [3.05, 3.63) is 97.2 Å². The molecule has 370 valence electrons. The second-order valence-corrected chi connectivity index (χ2v) is 17.4. The highest BCUT2D eigenvalue weighted by Crippen LogP contribution is 2.12. The molecule has 0 rings (SSSR count). The normalized spacial score (nSPS) is 12.8. The fourth-order valence-corrected chi connectivity index (χ4v) is 7.03. The molecule has 0 aliphatic heterocycles. The van der Waals surface area contributed by atoms with E-state index in [0.717, 1.165) is 96.3 Å². The minimum Gasteiger partial charge on any atom is -0.462 e. The van der Waals surface area contributed by atoms with E-state index in [0.29, 0.717) is 19.3 Å². The Balaban J connectivity index is 4.55. The molecule has 0 heterocycles. The number of hydrogen-bond donors (Lipinski definition) is 0. The first-order chi connectivity index (χ1) is 32.0. The Morgan fingerprint density at radius 3 is 1.02 bits per heavy atom. The highest BCUT2D eigenvalue weighted by Gasteiger charge is 2.19. The zero-order chi connectivity index (χ0) is 47.2. The number of carbonyl (C=O) groups excluding carboxylic acids is 3. The van der Waals surface area contributed by atoms with Crippen molar-refractivity contribution < 1.29 is 28.6 Å². The lowest BCUT2D eigenvalue weighted by molar-refractivity contribution is -0.167. The first kappa shape index (κ1) is 61.3. The standard InChI is InChI=1S/C59H98O6/c1-4-7-10-13-16-19-22-25-28-30-32-34-37-40-43-46-49-52-58(61)64-55-56(54-63-57(60)51-48-45-42-39-36-33-27-24-21-18-15-12-9-6-3)65-59(62)53-50-47-44-41-38-35-31-29-26-23-20-17-14-11-8-5-2/h8,11,17,20,25-26,28-29,32-36,38,40,43,56H,4-7,9-10,12-16,18-19,21-24,27,30-31,37,39,41-42,44-55H2,1-3H3/b11-8-,20-17-,28-25-,29-26-,34-32-,36-33-,38-35-,43-40-. The second-order valence-electron chi connectivity index (χ2n) is 17.4. The van der Waals surface area contributed by atoms with Gasteiger partial charge in [0.05, 0.1) is 0 Å². The first-order valence-electron chi connectivity index (χ1n) is 26.7. The molecule has 0 aliphatic rings. The zero-order valence-electron chi connectivity index (χ0n) is 42.2. The van der Waals surface area contributed by atoms with Gasteiger partial charge in [0, 0.05) is 19.3 Å². The minimum atomic E-state index is -0.821. The van der Waals surface area contributed by atoms with Gasteiger partial charge in [0.2, 0.25) is 0 Å². The molecule has 0 N–H and O–H groups in total. The first-order valence-corrected chi connectivity index (χ1v) is 26.7. The lowest BCUT2D eigenvalue weighted by atomic mass is 10.1. The minimum absolute atomic E-state index is 0.115. The smallest absolute Gasteiger partial charge is 0.306 e. The number of unbranched alkanes of at least 4 members (excludes halogenated alkanes) is 20. The molecule has 0 bridgehead atoms. The molecule has 0 radical (unpaired) electrons. The maximum atomic E-state index is 12.8. The Morgan fingerprint density at radius 2 is 0.615 bits per heavy atom. The lowest BCUT2D eigenvalue weighted by Gasteiger charge is -2.18. The predicted molar refractivity (Wildman–Crippen MR) is 279 cm³/mol. The molecule has 1 atom stereocenters. The summed E-state index contributed by atoms with van der Waals surface area (Å²) >= 11 is 0. The molecule has 0 aromatic heterocycles. The molecule has 0 spiro atoms. The van der Waals surface area contributed by atoms with Crippen LogP contribution in [-0.2, 0) is 28.6 Å². The van der Waals surface area contributed by atoms with Crippen molar-refractivity contribution in [2.45, 2.75) is 245 Å². The van der Waals surface area contributed by atoms with Crippen LogP contribution in [0.1, 0.15) is 239 Å². The molecule has 0 aromatic rings. The molecule has 0 saturated carbocycles. The van der Waals surface area contributed by atoms with Gasteiger partial charge in [-0.1, -0.05) is 201 Å². The van der Waals surface area contributed by atoms with Crippen molar-refractivity contribution in [2.75, 3.05) is 13.2 Å². The van der Waals surface area contributed by atoms with Crippen LogP contribution in [0.5, 0.6) is 0 Å². The maximum Gasteiger partial charge on any atom is 0.306 e. The van der Waals surface area contributed by atoms with E-state index in [1.807, 2.05) is 0 Å². The van der Waals surface area contributed by atoms with E-state index >= 15 is 0 Å². The van der Waals surface area contributed by atoms with Gasteiger partial charge in [0.25, 0.3) is 0 Å². The second kappa shape index (κ2) is 52.9. The summed E-state index contributed by atoms with van der Waals surface area (Å²) in [5.41, 5.74) is 0. The third-order valence-electron chi connectivity index (χ3n) is 11.0. The van der Waals surface area contributed by atoms with E-state index < -0.39 is 6.10 Å². The Kier molecular flexibility index (Phi) is 50.0. The van der Waals surface area contributed by atoms with Crippen molar-refractivity contribution in [3.8, 4) is 0 Å². The SMILES string of the molecule is CC/C=C\C/C=C\C/C=C\C/C=C\CCCCCC(=O)OC(COC(=O)CCC/C=C\C/C=C\C/C=C\CCCCCCCC)COC(=O)CCCCC/C=C\CCCCCCCCC. The molecule has 0 aliphatic carbocycles. The van der Waals surface area contributed by atoms with Gasteiger partial charge < -0.3 is 14.2 Å². The Morgan fingerprint density at radius 1 is 0.323 bits per heavy atom. The Bertz CT molecular complexity index is 1310. The van der Waals surface area contributed by atoms with Crippen molar-refractivity contribution in [1.82, 2.24) is 0 Å². The number of ether oxygens (including phenoxy) is 3. The van der Waals surface area contributed by atoms with Gasteiger partial charge >= 0.3 is 17.9 Å². The molecule has 0 aromatic carbocycles. The molecule has 0 saturated heterocycles. The number of carbonyl (C=O) groups is 3. The monoisotopic (exact) mass is 903 g/mol. The highest BCUT2D eigenvalue weighted by molar-refractivity contribution is 5.71. The summed E-state index contributed by atoms with van der Waals surface area (Å²) in [6.45, 7) is 6.42. The predicted octanol–water partition coefficient (Wildman–Crippen LogP) is 17.8. The van der Waals surface area contributed by atoms with Gasteiger partial charge in [0.1, 0.15) is 13.2 Å². The van der Waals surface area contributed by atoms with Crippen LogP contribution in [-0.4, -0.2) is 37.2 Å². The zero-order valence-corrected chi connectivity index (χ0v) is 42.2. The van der Waals surface area contributed by atoms with Crippen LogP contribution >= 0.6 is 0 Å². The molecular formula is C59H98O6. The van der Waals surface area contributed by atoms with Crippen molar-refractivity contribution in [2.24, 2.45) is 0 Å². The van der Waals surface area contributed by atoms with Crippen LogP contribution < -0.4 is 0 Å².